The number of H-pyrrole nitrogens is 1. The van der Waals surface area contributed by atoms with Crippen molar-refractivity contribution in [3.05, 3.63) is 56.5 Å². The minimum atomic E-state index is 0.0602. The van der Waals surface area contributed by atoms with Gasteiger partial charge in [-0.05, 0) is 30.3 Å². The highest BCUT2D eigenvalue weighted by molar-refractivity contribution is 9.10. The van der Waals surface area contributed by atoms with Gasteiger partial charge in [0.15, 0.2) is 5.88 Å². The molecule has 3 aromatic rings. The third-order valence-electron chi connectivity index (χ3n) is 3.04. The van der Waals surface area contributed by atoms with Crippen molar-refractivity contribution < 1.29 is 5.11 Å². The molecule has 0 aliphatic carbocycles. The first-order valence-electron chi connectivity index (χ1n) is 6.04. The van der Waals surface area contributed by atoms with Crippen LogP contribution in [0.15, 0.2) is 45.9 Å². The Morgan fingerprint density at radius 3 is 2.81 bits per heavy atom. The number of aromatic nitrogens is 1. The van der Waals surface area contributed by atoms with Crippen molar-refractivity contribution >= 4 is 61.9 Å². The number of hydrogen-bond donors (Lipinski definition) is 2. The topological polar surface area (TPSA) is 48.4 Å². The Morgan fingerprint density at radius 1 is 1.19 bits per heavy atom. The summed E-state index contributed by atoms with van der Waals surface area (Å²) >= 11 is 15.5. The summed E-state index contributed by atoms with van der Waals surface area (Å²) < 4.78 is 0.921. The van der Waals surface area contributed by atoms with Gasteiger partial charge in [0.1, 0.15) is 0 Å². The second-order valence-corrected chi connectivity index (χ2v) is 6.11. The van der Waals surface area contributed by atoms with E-state index in [1.807, 2.05) is 18.2 Å². The van der Waals surface area contributed by atoms with E-state index in [-0.39, 0.29) is 5.88 Å². The predicted molar refractivity (Wildman–Crippen MR) is 91.4 cm³/mol. The molecule has 2 N–H and O–H groups in total. The largest absolute Gasteiger partial charge is 0.494 e. The molecule has 0 aliphatic rings. The number of aromatic hydroxyl groups is 1. The fraction of sp³-hybridized carbons (Fsp3) is 0. The van der Waals surface area contributed by atoms with Crippen molar-refractivity contribution in [2.45, 2.75) is 0 Å². The summed E-state index contributed by atoms with van der Waals surface area (Å²) in [4.78, 5) is 7.21. The van der Waals surface area contributed by atoms with Gasteiger partial charge in [-0.1, -0.05) is 45.2 Å². The monoisotopic (exact) mass is 382 g/mol. The minimum Gasteiger partial charge on any atom is -0.494 e. The molecular formula is C15H9BrCl2N2O. The van der Waals surface area contributed by atoms with E-state index >= 15 is 0 Å². The van der Waals surface area contributed by atoms with Gasteiger partial charge in [-0.15, -0.1) is 0 Å². The number of hydrogen-bond acceptors (Lipinski definition) is 2. The van der Waals surface area contributed by atoms with Crippen LogP contribution in [0.3, 0.4) is 0 Å². The Morgan fingerprint density at radius 2 is 2.00 bits per heavy atom. The van der Waals surface area contributed by atoms with E-state index in [1.165, 1.54) is 0 Å². The van der Waals surface area contributed by atoms with Gasteiger partial charge in [0.2, 0.25) is 0 Å². The molecule has 0 aliphatic heterocycles. The van der Waals surface area contributed by atoms with Crippen LogP contribution in [0.5, 0.6) is 5.88 Å². The zero-order valence-corrected chi connectivity index (χ0v) is 13.7. The third kappa shape index (κ3) is 2.79. The molecule has 0 fully saturated rings. The molecule has 0 saturated carbocycles. The summed E-state index contributed by atoms with van der Waals surface area (Å²) in [7, 11) is 0. The average molecular weight is 384 g/mol. The molecule has 0 atom stereocenters. The zero-order valence-electron chi connectivity index (χ0n) is 10.6. The van der Waals surface area contributed by atoms with Crippen molar-refractivity contribution in [1.82, 2.24) is 4.98 Å². The highest BCUT2D eigenvalue weighted by atomic mass is 79.9. The summed E-state index contributed by atoms with van der Waals surface area (Å²) in [5.74, 6) is 0.0602. The molecule has 1 aromatic heterocycles. The average Bonchev–Trinajstić information content (AvgIpc) is 2.76. The molecule has 106 valence electrons. The Hall–Kier alpha value is -1.49. The fourth-order valence-electron chi connectivity index (χ4n) is 2.03. The summed E-state index contributed by atoms with van der Waals surface area (Å²) in [6, 6.07) is 10.9. The Bertz CT molecular complexity index is 858. The van der Waals surface area contributed by atoms with Gasteiger partial charge >= 0.3 is 0 Å². The van der Waals surface area contributed by atoms with Crippen LogP contribution in [-0.2, 0) is 0 Å². The summed E-state index contributed by atoms with van der Waals surface area (Å²) in [5.41, 5.74) is 1.98. The molecule has 21 heavy (non-hydrogen) atoms. The second kappa shape index (κ2) is 5.72. The van der Waals surface area contributed by atoms with Crippen molar-refractivity contribution in [1.29, 1.82) is 0 Å². The molecule has 1 heterocycles. The molecule has 6 heteroatoms. The van der Waals surface area contributed by atoms with Crippen LogP contribution in [0.2, 0.25) is 10.0 Å². The van der Waals surface area contributed by atoms with Gasteiger partial charge in [0, 0.05) is 21.6 Å². The number of rotatable bonds is 2. The first-order valence-corrected chi connectivity index (χ1v) is 7.59. The van der Waals surface area contributed by atoms with Gasteiger partial charge in [-0.3, -0.25) is 4.99 Å². The van der Waals surface area contributed by atoms with E-state index in [1.54, 1.807) is 24.4 Å². The number of fused-ring (bicyclic) bond motifs is 1. The predicted octanol–water partition coefficient (Wildman–Crippen LogP) is 5.69. The van der Waals surface area contributed by atoms with E-state index in [4.69, 9.17) is 23.2 Å². The lowest BCUT2D eigenvalue weighted by Gasteiger charge is -1.99. The molecular weight excluding hydrogens is 375 g/mol. The van der Waals surface area contributed by atoms with Gasteiger partial charge in [-0.2, -0.15) is 0 Å². The smallest absolute Gasteiger partial charge is 0.198 e. The van der Waals surface area contributed by atoms with Crippen LogP contribution in [0.4, 0.5) is 5.69 Å². The molecule has 0 saturated heterocycles. The number of halogens is 3. The highest BCUT2D eigenvalue weighted by Crippen LogP contribution is 2.33. The number of nitrogens with one attached hydrogen (secondary N) is 1. The quantitative estimate of drug-likeness (QED) is 0.548. The minimum absolute atomic E-state index is 0.0602. The number of benzene rings is 2. The van der Waals surface area contributed by atoms with Crippen LogP contribution < -0.4 is 0 Å². The Kier molecular flexibility index (Phi) is 3.93. The summed E-state index contributed by atoms with van der Waals surface area (Å²) in [5, 5.41) is 11.7. The molecule has 3 rings (SSSR count). The number of nitrogens with zero attached hydrogens (tertiary/aromatic N) is 1. The lowest BCUT2D eigenvalue weighted by molar-refractivity contribution is 0.457. The SMILES string of the molecule is Oc1[nH]c2ccc(Br)cc2c1C=Nc1cccc(Cl)c1Cl. The first-order chi connectivity index (χ1) is 10.1. The maximum Gasteiger partial charge on any atom is 0.198 e. The lowest BCUT2D eigenvalue weighted by atomic mass is 10.2. The molecule has 3 nitrogen and oxygen atoms in total. The molecule has 0 bridgehead atoms. The zero-order chi connectivity index (χ0) is 15.0. The van der Waals surface area contributed by atoms with Gasteiger partial charge in [-0.25, -0.2) is 0 Å². The number of aromatic amines is 1. The molecule has 2 aromatic carbocycles. The normalized spacial score (nSPS) is 11.6. The van der Waals surface area contributed by atoms with Crippen LogP contribution >= 0.6 is 39.1 Å². The molecule has 0 radical (unpaired) electrons. The van der Waals surface area contributed by atoms with Crippen molar-refractivity contribution in [3.8, 4) is 5.88 Å². The third-order valence-corrected chi connectivity index (χ3v) is 4.35. The Balaban J connectivity index is 2.09. The lowest BCUT2D eigenvalue weighted by Crippen LogP contribution is -1.80. The van der Waals surface area contributed by atoms with Crippen LogP contribution in [0.25, 0.3) is 10.9 Å². The van der Waals surface area contributed by atoms with Crippen LogP contribution in [-0.4, -0.2) is 16.3 Å². The molecule has 0 spiro atoms. The van der Waals surface area contributed by atoms with Crippen molar-refractivity contribution in [2.24, 2.45) is 4.99 Å². The van der Waals surface area contributed by atoms with Crippen molar-refractivity contribution in [3.63, 3.8) is 0 Å². The van der Waals surface area contributed by atoms with E-state index in [2.05, 4.69) is 25.9 Å². The van der Waals surface area contributed by atoms with Crippen LogP contribution in [0.1, 0.15) is 5.56 Å². The summed E-state index contributed by atoms with van der Waals surface area (Å²) in [6.45, 7) is 0. The summed E-state index contributed by atoms with van der Waals surface area (Å²) in [6.07, 6.45) is 1.57. The van der Waals surface area contributed by atoms with E-state index in [0.29, 0.717) is 21.3 Å². The standard InChI is InChI=1S/C15H9BrCl2N2O/c16-8-4-5-12-9(6-8)10(15(21)20-12)7-19-13-3-1-2-11(17)14(13)18/h1-7,20-21H. The van der Waals surface area contributed by atoms with Crippen LogP contribution in [0, 0.1) is 0 Å². The maximum absolute atomic E-state index is 10.0. The maximum atomic E-state index is 10.0. The van der Waals surface area contributed by atoms with Gasteiger partial charge in [0.05, 0.1) is 21.3 Å². The Labute approximate surface area is 139 Å². The highest BCUT2D eigenvalue weighted by Gasteiger charge is 2.09. The molecule has 0 amide bonds. The van der Waals surface area contributed by atoms with Crippen molar-refractivity contribution in [2.75, 3.05) is 0 Å². The van der Waals surface area contributed by atoms with Gasteiger partial charge in [0.25, 0.3) is 0 Å². The van der Waals surface area contributed by atoms with E-state index < -0.39 is 0 Å². The fourth-order valence-corrected chi connectivity index (χ4v) is 2.73. The molecule has 0 unspecified atom stereocenters. The second-order valence-electron chi connectivity index (χ2n) is 4.41. The first kappa shape index (κ1) is 14.4. The number of aliphatic imine (C=N–C) groups is 1. The van der Waals surface area contributed by atoms with Gasteiger partial charge < -0.3 is 10.1 Å². The van der Waals surface area contributed by atoms with E-state index in [0.717, 1.165) is 15.4 Å². The van der Waals surface area contributed by atoms with E-state index in [9.17, 15) is 5.11 Å².